The molecule has 1 aliphatic rings. The summed E-state index contributed by atoms with van der Waals surface area (Å²) in [6.07, 6.45) is 5.72. The number of aromatic nitrogens is 1. The highest BCUT2D eigenvalue weighted by atomic mass is 79.9. The number of nitrogens with zero attached hydrogens (tertiary/aromatic N) is 2. The van der Waals surface area contributed by atoms with Crippen molar-refractivity contribution in [2.75, 3.05) is 7.05 Å². The van der Waals surface area contributed by atoms with E-state index in [1.54, 1.807) is 19.3 Å². The molecule has 94 valence electrons. The Bertz CT molecular complexity index is 486. The highest BCUT2D eigenvalue weighted by Crippen LogP contribution is 2.11. The number of halogens is 1. The van der Waals surface area contributed by atoms with Gasteiger partial charge in [-0.2, -0.15) is 0 Å². The molecule has 0 unspecified atom stereocenters. The van der Waals surface area contributed by atoms with E-state index >= 15 is 0 Å². The zero-order valence-corrected chi connectivity index (χ0v) is 11.0. The van der Waals surface area contributed by atoms with Gasteiger partial charge in [-0.3, -0.25) is 4.98 Å². The minimum Gasteiger partial charge on any atom is -0.494 e. The van der Waals surface area contributed by atoms with E-state index in [0.29, 0.717) is 5.46 Å². The first-order valence-corrected chi connectivity index (χ1v) is 5.81. The predicted molar refractivity (Wildman–Crippen MR) is 68.7 cm³/mol. The average molecular weight is 313 g/mol. The third-order valence-electron chi connectivity index (χ3n) is 2.08. The van der Waals surface area contributed by atoms with Crippen LogP contribution in [0.5, 0.6) is 0 Å². The lowest BCUT2D eigenvalue weighted by molar-refractivity contribution is 0.124. The summed E-state index contributed by atoms with van der Waals surface area (Å²) in [5.41, 5.74) is 0.550. The van der Waals surface area contributed by atoms with Crippen LogP contribution in [0.3, 0.4) is 0 Å². The molecular formula is C10H10BBrN2O4. The van der Waals surface area contributed by atoms with E-state index in [1.807, 2.05) is 0 Å². The van der Waals surface area contributed by atoms with Gasteiger partial charge in [-0.1, -0.05) is 0 Å². The maximum Gasteiger partial charge on any atom is 0.638 e. The van der Waals surface area contributed by atoms with Gasteiger partial charge >= 0.3 is 7.12 Å². The minimum atomic E-state index is -0.976. The fraction of sp³-hybridized carbons (Fsp3) is 0.100. The largest absolute Gasteiger partial charge is 0.638 e. The topological polar surface area (TPSA) is 75.1 Å². The van der Waals surface area contributed by atoms with E-state index in [1.165, 1.54) is 23.5 Å². The summed E-state index contributed by atoms with van der Waals surface area (Å²) in [6.45, 7) is 0. The molecule has 0 amide bonds. The summed E-state index contributed by atoms with van der Waals surface area (Å²) in [7, 11) is 0.636. The molecule has 0 aromatic carbocycles. The molecule has 6 nitrogen and oxygen atoms in total. The van der Waals surface area contributed by atoms with E-state index in [9.17, 15) is 10.2 Å². The Morgan fingerprint density at radius 1 is 1.22 bits per heavy atom. The van der Waals surface area contributed by atoms with Crippen molar-refractivity contribution in [3.05, 3.63) is 47.2 Å². The molecular weight excluding hydrogens is 303 g/mol. The van der Waals surface area contributed by atoms with Gasteiger partial charge in [-0.15, -0.1) is 0 Å². The quantitative estimate of drug-likeness (QED) is 0.760. The lowest BCUT2D eigenvalue weighted by Gasteiger charge is -2.20. The van der Waals surface area contributed by atoms with Crippen molar-refractivity contribution in [1.29, 1.82) is 0 Å². The van der Waals surface area contributed by atoms with E-state index in [2.05, 4.69) is 20.9 Å². The van der Waals surface area contributed by atoms with Gasteiger partial charge < -0.3 is 24.4 Å². The van der Waals surface area contributed by atoms with Gasteiger partial charge in [0.25, 0.3) is 11.9 Å². The summed E-state index contributed by atoms with van der Waals surface area (Å²) >= 11 is 3.27. The molecule has 8 heteroatoms. The maximum absolute atomic E-state index is 9.55. The lowest BCUT2D eigenvalue weighted by atomic mass is 9.80. The Labute approximate surface area is 112 Å². The number of pyridine rings is 1. The summed E-state index contributed by atoms with van der Waals surface area (Å²) in [4.78, 5) is 5.36. The fourth-order valence-electron chi connectivity index (χ4n) is 1.38. The molecule has 0 spiro atoms. The second kappa shape index (κ2) is 5.22. The average Bonchev–Trinajstić information content (AvgIpc) is 2.25. The van der Waals surface area contributed by atoms with Crippen LogP contribution in [-0.2, 0) is 9.31 Å². The Balaban J connectivity index is 2.29. The van der Waals surface area contributed by atoms with Gasteiger partial charge in [0.15, 0.2) is 0 Å². The standard InChI is InChI=1S/C10H10BBrN2O4/c1-14-5-9(15)17-11(18-10(16)6-14)7-2-8(12)4-13-3-7/h2-6,15-16H,1H3. The molecule has 0 bridgehead atoms. The summed E-state index contributed by atoms with van der Waals surface area (Å²) in [5, 5.41) is 19.1. The highest BCUT2D eigenvalue weighted by molar-refractivity contribution is 9.10. The van der Waals surface area contributed by atoms with Crippen LogP contribution in [0.25, 0.3) is 0 Å². The molecule has 2 N–H and O–H groups in total. The SMILES string of the molecule is CN1C=C(O)OB(c2cncc(Br)c2)OC(O)=C1. The molecule has 1 aromatic rings. The first-order chi connectivity index (χ1) is 8.54. The van der Waals surface area contributed by atoms with Crippen LogP contribution in [-0.4, -0.2) is 34.3 Å². The number of hydrogen-bond donors (Lipinski definition) is 2. The molecule has 2 heterocycles. The Morgan fingerprint density at radius 3 is 2.39 bits per heavy atom. The molecule has 0 aliphatic carbocycles. The van der Waals surface area contributed by atoms with Crippen molar-refractivity contribution >= 4 is 28.5 Å². The fourth-order valence-corrected chi connectivity index (χ4v) is 1.77. The molecule has 0 atom stereocenters. The molecule has 1 aliphatic heterocycles. The molecule has 1 aromatic heterocycles. The van der Waals surface area contributed by atoms with Crippen LogP contribution >= 0.6 is 15.9 Å². The number of aliphatic hydroxyl groups excluding tert-OH is 2. The molecule has 2 rings (SSSR count). The van der Waals surface area contributed by atoms with Gasteiger partial charge in [0.05, 0.1) is 12.4 Å². The summed E-state index contributed by atoms with van der Waals surface area (Å²) < 4.78 is 11.1. The van der Waals surface area contributed by atoms with Gasteiger partial charge in [0, 0.05) is 29.4 Å². The Hall–Kier alpha value is -1.83. The van der Waals surface area contributed by atoms with E-state index < -0.39 is 7.12 Å². The van der Waals surface area contributed by atoms with Crippen molar-refractivity contribution < 1.29 is 19.5 Å². The number of rotatable bonds is 1. The van der Waals surface area contributed by atoms with Crippen LogP contribution < -0.4 is 5.46 Å². The van der Waals surface area contributed by atoms with Crippen LogP contribution in [0.4, 0.5) is 0 Å². The van der Waals surface area contributed by atoms with Gasteiger partial charge in [-0.25, -0.2) is 0 Å². The van der Waals surface area contributed by atoms with Crippen LogP contribution in [0.1, 0.15) is 0 Å². The first kappa shape index (κ1) is 12.6. The van der Waals surface area contributed by atoms with Crippen molar-refractivity contribution in [3.63, 3.8) is 0 Å². The normalized spacial score (nSPS) is 15.9. The molecule has 0 radical (unpaired) electrons. The zero-order valence-electron chi connectivity index (χ0n) is 9.45. The first-order valence-electron chi connectivity index (χ1n) is 5.02. The van der Waals surface area contributed by atoms with Crippen LogP contribution in [0.15, 0.2) is 47.2 Å². The molecule has 0 saturated heterocycles. The predicted octanol–water partition coefficient (Wildman–Crippen LogP) is 1.23. The third-order valence-corrected chi connectivity index (χ3v) is 2.52. The number of aliphatic hydroxyl groups is 2. The van der Waals surface area contributed by atoms with Crippen molar-refractivity contribution in [3.8, 4) is 0 Å². The van der Waals surface area contributed by atoms with Crippen molar-refractivity contribution in [1.82, 2.24) is 9.88 Å². The van der Waals surface area contributed by atoms with Crippen molar-refractivity contribution in [2.45, 2.75) is 0 Å². The van der Waals surface area contributed by atoms with E-state index in [4.69, 9.17) is 9.31 Å². The summed E-state index contributed by atoms with van der Waals surface area (Å²) in [5.74, 6) is -0.655. The minimum absolute atomic E-state index is 0.328. The second-order valence-corrected chi connectivity index (χ2v) is 4.52. The second-order valence-electron chi connectivity index (χ2n) is 3.60. The molecule has 0 saturated carbocycles. The zero-order chi connectivity index (χ0) is 13.1. The molecule has 0 fully saturated rings. The number of hydrogen-bond acceptors (Lipinski definition) is 6. The van der Waals surface area contributed by atoms with Crippen LogP contribution in [0, 0.1) is 0 Å². The van der Waals surface area contributed by atoms with Gasteiger partial charge in [0.2, 0.25) is 0 Å². The van der Waals surface area contributed by atoms with Gasteiger partial charge in [0.1, 0.15) is 0 Å². The monoisotopic (exact) mass is 312 g/mol. The maximum atomic E-state index is 9.55. The van der Waals surface area contributed by atoms with Crippen molar-refractivity contribution in [2.24, 2.45) is 0 Å². The summed E-state index contributed by atoms with van der Waals surface area (Å²) in [6, 6.07) is 1.71. The van der Waals surface area contributed by atoms with Gasteiger partial charge in [-0.05, 0) is 22.0 Å². The van der Waals surface area contributed by atoms with Crippen LogP contribution in [0.2, 0.25) is 0 Å². The Kier molecular flexibility index (Phi) is 3.66. The Morgan fingerprint density at radius 2 is 1.83 bits per heavy atom. The van der Waals surface area contributed by atoms with E-state index in [-0.39, 0.29) is 11.9 Å². The highest BCUT2D eigenvalue weighted by Gasteiger charge is 2.30. The smallest absolute Gasteiger partial charge is 0.494 e. The third kappa shape index (κ3) is 3.10. The molecule has 18 heavy (non-hydrogen) atoms. The van der Waals surface area contributed by atoms with E-state index in [0.717, 1.165) is 4.47 Å². The lowest BCUT2D eigenvalue weighted by Crippen LogP contribution is -2.38.